The predicted octanol–water partition coefficient (Wildman–Crippen LogP) is 2.67. The number of rotatable bonds is 8. The molecule has 8 nitrogen and oxygen atoms in total. The van der Waals surface area contributed by atoms with E-state index in [1.165, 1.54) is 0 Å². The first-order valence-corrected chi connectivity index (χ1v) is 9.25. The monoisotopic (exact) mass is 374 g/mol. The molecule has 2 heterocycles. The Hall–Kier alpha value is -2.45. The van der Waals surface area contributed by atoms with E-state index in [9.17, 15) is 4.79 Å². The molecular formula is C19H26N4O4. The third-order valence-electron chi connectivity index (χ3n) is 4.49. The summed E-state index contributed by atoms with van der Waals surface area (Å²) < 4.78 is 15.6. The van der Waals surface area contributed by atoms with Crippen molar-refractivity contribution in [2.45, 2.75) is 38.5 Å². The molecule has 1 N–H and O–H groups in total. The number of aromatic nitrogens is 2. The van der Waals surface area contributed by atoms with Gasteiger partial charge in [0.05, 0.1) is 19.3 Å². The van der Waals surface area contributed by atoms with E-state index in [1.54, 1.807) is 12.0 Å². The van der Waals surface area contributed by atoms with Gasteiger partial charge >= 0.3 is 6.03 Å². The lowest BCUT2D eigenvalue weighted by Crippen LogP contribution is -2.44. The molecule has 1 aliphatic heterocycles. The minimum Gasteiger partial charge on any atom is -0.382 e. The molecule has 1 aromatic heterocycles. The second kappa shape index (κ2) is 10.0. The van der Waals surface area contributed by atoms with Gasteiger partial charge in [0.15, 0.2) is 5.82 Å². The van der Waals surface area contributed by atoms with Gasteiger partial charge in [0.1, 0.15) is 6.61 Å². The van der Waals surface area contributed by atoms with Crippen molar-refractivity contribution in [3.8, 4) is 0 Å². The van der Waals surface area contributed by atoms with Crippen molar-refractivity contribution in [3.63, 3.8) is 0 Å². The van der Waals surface area contributed by atoms with Crippen LogP contribution in [0.25, 0.3) is 0 Å². The van der Waals surface area contributed by atoms with Crippen molar-refractivity contribution in [2.75, 3.05) is 26.9 Å². The topological polar surface area (TPSA) is 89.7 Å². The minimum atomic E-state index is -0.175. The van der Waals surface area contributed by atoms with Crippen molar-refractivity contribution >= 4 is 6.03 Å². The van der Waals surface area contributed by atoms with Crippen LogP contribution in [0, 0.1) is 0 Å². The number of hydrogen-bond donors (Lipinski definition) is 1. The van der Waals surface area contributed by atoms with Crippen molar-refractivity contribution in [1.29, 1.82) is 0 Å². The van der Waals surface area contributed by atoms with E-state index in [0.29, 0.717) is 38.0 Å². The lowest BCUT2D eigenvalue weighted by atomic mass is 10.0. The van der Waals surface area contributed by atoms with Gasteiger partial charge in [-0.05, 0) is 24.8 Å². The molecule has 1 aliphatic rings. The quantitative estimate of drug-likeness (QED) is 0.715. The normalized spacial score (nSPS) is 17.1. The number of hydrogen-bond acceptors (Lipinski definition) is 6. The number of piperidine rings is 1. The number of likely N-dealkylation sites (tertiary alicyclic amines) is 1. The molecule has 8 heteroatoms. The second-order valence-electron chi connectivity index (χ2n) is 6.44. The highest BCUT2D eigenvalue weighted by Gasteiger charge is 2.31. The number of nitrogens with one attached hydrogen (secondary N) is 1. The summed E-state index contributed by atoms with van der Waals surface area (Å²) in [4.78, 5) is 18.9. The number of methoxy groups -OCH3 is 1. The standard InChI is InChI=1S/C19H26N4O4/c1-25-11-12-26-14-17-21-18(22-27-17)16-9-5-6-10-23(16)19(24)20-13-15-7-3-2-4-8-15/h2-4,7-8,16H,5-6,9-14H2,1H3,(H,20,24). The summed E-state index contributed by atoms with van der Waals surface area (Å²) in [6.45, 7) is 2.39. The summed E-state index contributed by atoms with van der Waals surface area (Å²) in [7, 11) is 1.62. The van der Waals surface area contributed by atoms with Gasteiger partial charge in [-0.1, -0.05) is 35.5 Å². The Bertz CT molecular complexity index is 707. The van der Waals surface area contributed by atoms with Crippen molar-refractivity contribution < 1.29 is 18.8 Å². The molecule has 1 saturated heterocycles. The van der Waals surface area contributed by atoms with E-state index in [0.717, 1.165) is 24.8 Å². The summed E-state index contributed by atoms with van der Waals surface area (Å²) in [5, 5.41) is 7.06. The van der Waals surface area contributed by atoms with Crippen LogP contribution >= 0.6 is 0 Å². The fourth-order valence-corrected chi connectivity index (χ4v) is 3.08. The molecule has 2 amide bonds. The number of amides is 2. The molecule has 27 heavy (non-hydrogen) atoms. The van der Waals surface area contributed by atoms with Crippen LogP contribution in [0.1, 0.15) is 42.6 Å². The third kappa shape index (κ3) is 5.51. The lowest BCUT2D eigenvalue weighted by molar-refractivity contribution is 0.0494. The molecule has 1 unspecified atom stereocenters. The van der Waals surface area contributed by atoms with Gasteiger partial charge in [-0.25, -0.2) is 4.79 Å². The summed E-state index contributed by atoms with van der Waals surface area (Å²) in [5.41, 5.74) is 1.06. The van der Waals surface area contributed by atoms with Gasteiger partial charge in [0, 0.05) is 20.2 Å². The van der Waals surface area contributed by atoms with Crippen LogP contribution < -0.4 is 5.32 Å². The lowest BCUT2D eigenvalue weighted by Gasteiger charge is -2.33. The number of carbonyl (C=O) groups excluding carboxylic acids is 1. The van der Waals surface area contributed by atoms with E-state index >= 15 is 0 Å². The van der Waals surface area contributed by atoms with Crippen LogP contribution in [0.4, 0.5) is 4.79 Å². The third-order valence-corrected chi connectivity index (χ3v) is 4.49. The van der Waals surface area contributed by atoms with Crippen LogP contribution in [-0.4, -0.2) is 47.9 Å². The number of nitrogens with zero attached hydrogens (tertiary/aromatic N) is 3. The zero-order chi connectivity index (χ0) is 18.9. The molecule has 0 bridgehead atoms. The Morgan fingerprint density at radius 1 is 1.30 bits per heavy atom. The molecule has 0 saturated carbocycles. The highest BCUT2D eigenvalue weighted by atomic mass is 16.5. The molecule has 0 radical (unpaired) electrons. The Kier molecular flexibility index (Phi) is 7.18. The van der Waals surface area contributed by atoms with Crippen LogP contribution in [0.15, 0.2) is 34.9 Å². The maximum atomic E-state index is 12.7. The van der Waals surface area contributed by atoms with Gasteiger partial charge in [0.2, 0.25) is 0 Å². The fraction of sp³-hybridized carbons (Fsp3) is 0.526. The van der Waals surface area contributed by atoms with Gasteiger partial charge in [-0.15, -0.1) is 0 Å². The van der Waals surface area contributed by atoms with Crippen LogP contribution in [0.5, 0.6) is 0 Å². The first-order valence-electron chi connectivity index (χ1n) is 9.25. The number of benzene rings is 1. The summed E-state index contributed by atoms with van der Waals surface area (Å²) in [6, 6.07) is 9.57. The second-order valence-corrected chi connectivity index (χ2v) is 6.44. The molecule has 0 aliphatic carbocycles. The Morgan fingerprint density at radius 2 is 2.15 bits per heavy atom. The number of ether oxygens (including phenoxy) is 2. The van der Waals surface area contributed by atoms with E-state index < -0.39 is 0 Å². The van der Waals surface area contributed by atoms with E-state index in [-0.39, 0.29) is 18.7 Å². The number of carbonyl (C=O) groups is 1. The Morgan fingerprint density at radius 3 is 2.96 bits per heavy atom. The predicted molar refractivity (Wildman–Crippen MR) is 97.8 cm³/mol. The highest BCUT2D eigenvalue weighted by molar-refractivity contribution is 5.74. The summed E-state index contributed by atoms with van der Waals surface area (Å²) in [5.74, 6) is 0.950. The maximum Gasteiger partial charge on any atom is 0.318 e. The Labute approximate surface area is 158 Å². The van der Waals surface area contributed by atoms with Crippen LogP contribution in [0.3, 0.4) is 0 Å². The summed E-state index contributed by atoms with van der Waals surface area (Å²) in [6.07, 6.45) is 2.82. The first-order chi connectivity index (χ1) is 13.3. The molecular weight excluding hydrogens is 348 g/mol. The molecule has 1 fully saturated rings. The molecule has 1 atom stereocenters. The first kappa shape index (κ1) is 19.3. The fourth-order valence-electron chi connectivity index (χ4n) is 3.08. The van der Waals surface area contributed by atoms with Crippen LogP contribution in [-0.2, 0) is 22.6 Å². The highest BCUT2D eigenvalue weighted by Crippen LogP contribution is 2.29. The molecule has 146 valence electrons. The Balaban J connectivity index is 1.58. The van der Waals surface area contributed by atoms with Crippen molar-refractivity contribution in [2.24, 2.45) is 0 Å². The largest absolute Gasteiger partial charge is 0.382 e. The molecule has 2 aromatic rings. The molecule has 0 spiro atoms. The minimum absolute atomic E-state index is 0.105. The van der Waals surface area contributed by atoms with Gasteiger partial charge in [-0.3, -0.25) is 0 Å². The van der Waals surface area contributed by atoms with Crippen LogP contribution in [0.2, 0.25) is 0 Å². The van der Waals surface area contributed by atoms with E-state index in [4.69, 9.17) is 14.0 Å². The molecule has 1 aromatic carbocycles. The molecule has 3 rings (SSSR count). The van der Waals surface area contributed by atoms with Gasteiger partial charge in [0.25, 0.3) is 5.89 Å². The summed E-state index contributed by atoms with van der Waals surface area (Å²) >= 11 is 0. The van der Waals surface area contributed by atoms with Crippen molar-refractivity contribution in [3.05, 3.63) is 47.6 Å². The van der Waals surface area contributed by atoms with Gasteiger partial charge in [-0.2, -0.15) is 4.98 Å². The zero-order valence-corrected chi connectivity index (χ0v) is 15.6. The van der Waals surface area contributed by atoms with E-state index in [2.05, 4.69) is 15.5 Å². The smallest absolute Gasteiger partial charge is 0.318 e. The average Bonchev–Trinajstić information content (AvgIpc) is 3.19. The van der Waals surface area contributed by atoms with Crippen molar-refractivity contribution in [1.82, 2.24) is 20.4 Å². The SMILES string of the molecule is COCCOCc1nc(C2CCCCN2C(=O)NCc2ccccc2)no1. The maximum absolute atomic E-state index is 12.7. The van der Waals surface area contributed by atoms with Gasteiger partial charge < -0.3 is 24.2 Å². The zero-order valence-electron chi connectivity index (χ0n) is 15.6. The average molecular weight is 374 g/mol. The number of urea groups is 1. The van der Waals surface area contributed by atoms with E-state index in [1.807, 2.05) is 30.3 Å².